The fourth-order valence-electron chi connectivity index (χ4n) is 3.79. The fraction of sp³-hybridized carbons (Fsp3) is 0.556. The summed E-state index contributed by atoms with van der Waals surface area (Å²) in [5, 5.41) is 7.28. The highest BCUT2D eigenvalue weighted by Crippen LogP contribution is 2.40. The summed E-state index contributed by atoms with van der Waals surface area (Å²) in [5.41, 5.74) is -0.451. The number of hydrogen-bond donors (Lipinski definition) is 1. The lowest BCUT2D eigenvalue weighted by atomic mass is 9.75. The lowest BCUT2D eigenvalue weighted by Gasteiger charge is -2.40. The van der Waals surface area contributed by atoms with Crippen LogP contribution < -0.4 is 10.2 Å². The van der Waals surface area contributed by atoms with Gasteiger partial charge >= 0.3 is 0 Å². The van der Waals surface area contributed by atoms with Gasteiger partial charge in [-0.05, 0) is 37.3 Å². The van der Waals surface area contributed by atoms with Gasteiger partial charge in [0, 0.05) is 26.2 Å². The van der Waals surface area contributed by atoms with Crippen LogP contribution in [0.15, 0.2) is 28.9 Å². The first-order chi connectivity index (χ1) is 12.1. The Hall–Kier alpha value is -2.44. The van der Waals surface area contributed by atoms with Crippen molar-refractivity contribution < 1.29 is 9.32 Å². The molecule has 1 saturated carbocycles. The Morgan fingerprint density at radius 3 is 2.80 bits per heavy atom. The van der Waals surface area contributed by atoms with Gasteiger partial charge in [-0.3, -0.25) is 4.79 Å². The van der Waals surface area contributed by atoms with Crippen molar-refractivity contribution in [1.29, 1.82) is 0 Å². The van der Waals surface area contributed by atoms with E-state index in [9.17, 15) is 4.79 Å². The zero-order chi connectivity index (χ0) is 17.4. The number of anilines is 1. The average molecular weight is 341 g/mol. The summed E-state index contributed by atoms with van der Waals surface area (Å²) in [6.45, 7) is 5.42. The standard InChI is InChI=1S/C18H23N5O2/c1-12-10-23(15-6-3-4-9-19-15)11-14(12)16(24)21-18(7-5-8-18)17-20-13(2)25-22-17/h3-4,6,9,12,14H,5,7-8,10-11H2,1-2H3,(H,21,24)/t12-,14-/m1/s1. The summed E-state index contributed by atoms with van der Waals surface area (Å²) in [6, 6.07) is 5.87. The third-order valence-corrected chi connectivity index (χ3v) is 5.45. The van der Waals surface area contributed by atoms with Crippen LogP contribution in [-0.2, 0) is 10.3 Å². The Kier molecular flexibility index (Phi) is 3.94. The molecule has 2 aliphatic rings. The molecule has 2 atom stereocenters. The molecule has 0 spiro atoms. The second-order valence-corrected chi connectivity index (χ2v) is 7.24. The molecule has 0 aromatic carbocycles. The van der Waals surface area contributed by atoms with Crippen LogP contribution in [0, 0.1) is 18.8 Å². The molecule has 0 radical (unpaired) electrons. The van der Waals surface area contributed by atoms with Gasteiger partial charge in [0.05, 0.1) is 5.92 Å². The van der Waals surface area contributed by atoms with Gasteiger partial charge in [0.15, 0.2) is 5.82 Å². The molecule has 25 heavy (non-hydrogen) atoms. The summed E-state index contributed by atoms with van der Waals surface area (Å²) >= 11 is 0. The van der Waals surface area contributed by atoms with E-state index < -0.39 is 5.54 Å². The van der Waals surface area contributed by atoms with E-state index >= 15 is 0 Å². The van der Waals surface area contributed by atoms with E-state index in [-0.39, 0.29) is 17.7 Å². The molecular weight excluding hydrogens is 318 g/mol. The van der Waals surface area contributed by atoms with Crippen molar-refractivity contribution in [3.8, 4) is 0 Å². The molecule has 1 amide bonds. The highest BCUT2D eigenvalue weighted by molar-refractivity contribution is 5.81. The zero-order valence-corrected chi connectivity index (χ0v) is 14.6. The van der Waals surface area contributed by atoms with E-state index in [1.54, 1.807) is 13.1 Å². The zero-order valence-electron chi connectivity index (χ0n) is 14.6. The number of aromatic nitrogens is 3. The maximum atomic E-state index is 13.0. The van der Waals surface area contributed by atoms with Crippen LogP contribution >= 0.6 is 0 Å². The lowest BCUT2D eigenvalue weighted by molar-refractivity contribution is -0.128. The van der Waals surface area contributed by atoms with Crippen LogP contribution in [0.3, 0.4) is 0 Å². The smallest absolute Gasteiger partial charge is 0.226 e. The first-order valence-electron chi connectivity index (χ1n) is 8.86. The van der Waals surface area contributed by atoms with Gasteiger partial charge < -0.3 is 14.7 Å². The van der Waals surface area contributed by atoms with Gasteiger partial charge in [-0.2, -0.15) is 4.98 Å². The molecule has 1 aliphatic carbocycles. The maximum Gasteiger partial charge on any atom is 0.226 e. The second-order valence-electron chi connectivity index (χ2n) is 7.24. The average Bonchev–Trinajstić information content (AvgIpc) is 3.18. The van der Waals surface area contributed by atoms with Crippen LogP contribution in [-0.4, -0.2) is 34.1 Å². The normalized spacial score (nSPS) is 24.8. The van der Waals surface area contributed by atoms with Gasteiger partial charge in [-0.1, -0.05) is 18.1 Å². The second kappa shape index (κ2) is 6.13. The Balaban J connectivity index is 1.47. The molecule has 0 bridgehead atoms. The SMILES string of the molecule is Cc1nc(C2(NC(=O)[C@@H]3CN(c4ccccn4)C[C@H]3C)CCC2)no1. The van der Waals surface area contributed by atoms with Crippen LogP contribution in [0.1, 0.15) is 37.9 Å². The summed E-state index contributed by atoms with van der Waals surface area (Å²) in [4.78, 5) is 23.9. The minimum atomic E-state index is -0.451. The molecule has 4 rings (SSSR count). The van der Waals surface area contributed by atoms with E-state index in [2.05, 4.69) is 32.3 Å². The van der Waals surface area contributed by atoms with E-state index in [0.29, 0.717) is 18.3 Å². The van der Waals surface area contributed by atoms with E-state index in [1.165, 1.54) is 0 Å². The monoisotopic (exact) mass is 341 g/mol. The molecule has 7 nitrogen and oxygen atoms in total. The number of carbonyl (C=O) groups is 1. The summed E-state index contributed by atoms with van der Waals surface area (Å²) < 4.78 is 5.12. The van der Waals surface area contributed by atoms with Gasteiger partial charge in [0.1, 0.15) is 11.4 Å². The van der Waals surface area contributed by atoms with Crippen molar-refractivity contribution >= 4 is 11.7 Å². The number of hydrogen-bond acceptors (Lipinski definition) is 6. The molecule has 0 unspecified atom stereocenters. The van der Waals surface area contributed by atoms with Crippen LogP contribution in [0.4, 0.5) is 5.82 Å². The minimum Gasteiger partial charge on any atom is -0.356 e. The highest BCUT2D eigenvalue weighted by Gasteiger charge is 2.46. The molecule has 1 saturated heterocycles. The number of rotatable bonds is 4. The molecule has 3 heterocycles. The molecule has 1 N–H and O–H groups in total. The van der Waals surface area contributed by atoms with E-state index in [0.717, 1.165) is 31.6 Å². The Morgan fingerprint density at radius 1 is 1.36 bits per heavy atom. The molecule has 132 valence electrons. The largest absolute Gasteiger partial charge is 0.356 e. The van der Waals surface area contributed by atoms with Crippen molar-refractivity contribution in [3.05, 3.63) is 36.1 Å². The van der Waals surface area contributed by atoms with Crippen molar-refractivity contribution in [2.75, 3.05) is 18.0 Å². The summed E-state index contributed by atoms with van der Waals surface area (Å²) in [7, 11) is 0. The van der Waals surface area contributed by atoms with Gasteiger partial charge in [0.2, 0.25) is 11.8 Å². The number of nitrogens with zero attached hydrogens (tertiary/aromatic N) is 4. The summed E-state index contributed by atoms with van der Waals surface area (Å²) in [5.74, 6) is 2.35. The topological polar surface area (TPSA) is 84.2 Å². The number of nitrogens with one attached hydrogen (secondary N) is 1. The Morgan fingerprint density at radius 2 is 2.20 bits per heavy atom. The van der Waals surface area contributed by atoms with Crippen molar-refractivity contribution in [2.24, 2.45) is 11.8 Å². The molecule has 7 heteroatoms. The third kappa shape index (κ3) is 2.88. The van der Waals surface area contributed by atoms with Gasteiger partial charge in [-0.25, -0.2) is 4.98 Å². The molecular formula is C18H23N5O2. The van der Waals surface area contributed by atoms with Crippen LogP contribution in [0.2, 0.25) is 0 Å². The fourth-order valence-corrected chi connectivity index (χ4v) is 3.79. The maximum absolute atomic E-state index is 13.0. The molecule has 2 aromatic rings. The number of pyridine rings is 1. The van der Waals surface area contributed by atoms with E-state index in [1.807, 2.05) is 18.2 Å². The van der Waals surface area contributed by atoms with Crippen molar-refractivity contribution in [1.82, 2.24) is 20.4 Å². The highest BCUT2D eigenvalue weighted by atomic mass is 16.5. The van der Waals surface area contributed by atoms with Crippen LogP contribution in [0.25, 0.3) is 0 Å². The lowest BCUT2D eigenvalue weighted by Crippen LogP contribution is -2.54. The number of amides is 1. The first-order valence-corrected chi connectivity index (χ1v) is 8.86. The first kappa shape index (κ1) is 16.1. The number of carbonyl (C=O) groups excluding carboxylic acids is 1. The predicted octanol–water partition coefficient (Wildman–Crippen LogP) is 2.04. The minimum absolute atomic E-state index is 0.0625. The van der Waals surface area contributed by atoms with Crippen molar-refractivity contribution in [2.45, 2.75) is 38.6 Å². The summed E-state index contributed by atoms with van der Waals surface area (Å²) in [6.07, 6.45) is 4.58. The van der Waals surface area contributed by atoms with Crippen LogP contribution in [0.5, 0.6) is 0 Å². The predicted molar refractivity (Wildman–Crippen MR) is 91.8 cm³/mol. The molecule has 2 aromatic heterocycles. The Labute approximate surface area is 146 Å². The quantitative estimate of drug-likeness (QED) is 0.916. The van der Waals surface area contributed by atoms with Crippen molar-refractivity contribution in [3.63, 3.8) is 0 Å². The van der Waals surface area contributed by atoms with Gasteiger partial charge in [0.25, 0.3) is 0 Å². The third-order valence-electron chi connectivity index (χ3n) is 5.45. The molecule has 2 fully saturated rings. The number of aryl methyl sites for hydroxylation is 1. The Bertz CT molecular complexity index is 756. The van der Waals surface area contributed by atoms with E-state index in [4.69, 9.17) is 4.52 Å². The van der Waals surface area contributed by atoms with Gasteiger partial charge in [-0.15, -0.1) is 0 Å². The molecule has 1 aliphatic heterocycles.